The molecule has 0 aliphatic heterocycles. The van der Waals surface area contributed by atoms with Crippen molar-refractivity contribution in [3.05, 3.63) is 65.7 Å². The Balaban J connectivity index is 2.37. The number of hydrogen-bond donors (Lipinski definition) is 0. The highest BCUT2D eigenvalue weighted by molar-refractivity contribution is 7.90. The molecule has 0 aliphatic carbocycles. The van der Waals surface area contributed by atoms with E-state index in [1.807, 2.05) is 0 Å². The summed E-state index contributed by atoms with van der Waals surface area (Å²) in [5.41, 5.74) is 0.0711. The molecule has 0 N–H and O–H groups in total. The monoisotopic (exact) mass is 268 g/mol. The minimum Gasteiger partial charge on any atom is -0.223 e. The van der Waals surface area contributed by atoms with E-state index in [-0.39, 0.29) is 10.5 Å². The van der Waals surface area contributed by atoms with Crippen LogP contribution < -0.4 is 0 Å². The smallest absolute Gasteiger partial charge is 0.182 e. The zero-order valence-electron chi connectivity index (χ0n) is 9.31. The standard InChI is InChI=1S/C13H10F2O2S/c14-11-5-3-6-12(8-11)18(16,17)9-10-4-1-2-7-13(10)15/h1-8H,9H2. The highest BCUT2D eigenvalue weighted by atomic mass is 32.2. The Bertz CT molecular complexity index is 666. The molecule has 0 amide bonds. The summed E-state index contributed by atoms with van der Waals surface area (Å²) < 4.78 is 50.3. The molecule has 2 rings (SSSR count). The fourth-order valence-electron chi connectivity index (χ4n) is 1.56. The Morgan fingerprint density at radius 1 is 0.944 bits per heavy atom. The van der Waals surface area contributed by atoms with Gasteiger partial charge in [-0.15, -0.1) is 0 Å². The number of rotatable bonds is 3. The fourth-order valence-corrected chi connectivity index (χ4v) is 2.95. The average Bonchev–Trinajstić information content (AvgIpc) is 2.32. The summed E-state index contributed by atoms with van der Waals surface area (Å²) in [6.07, 6.45) is 0. The van der Waals surface area contributed by atoms with Gasteiger partial charge >= 0.3 is 0 Å². The lowest BCUT2D eigenvalue weighted by Gasteiger charge is -2.05. The van der Waals surface area contributed by atoms with Crippen molar-refractivity contribution in [1.29, 1.82) is 0 Å². The summed E-state index contributed by atoms with van der Waals surface area (Å²) in [5.74, 6) is -1.70. The van der Waals surface area contributed by atoms with E-state index in [0.29, 0.717) is 0 Å². The molecule has 0 heterocycles. The summed E-state index contributed by atoms with van der Waals surface area (Å²) in [6, 6.07) is 10.3. The van der Waals surface area contributed by atoms with Crippen molar-refractivity contribution in [1.82, 2.24) is 0 Å². The van der Waals surface area contributed by atoms with Gasteiger partial charge in [0.25, 0.3) is 0 Å². The van der Waals surface area contributed by atoms with Gasteiger partial charge in [0.15, 0.2) is 9.84 Å². The molecule has 0 spiro atoms. The summed E-state index contributed by atoms with van der Waals surface area (Å²) in [4.78, 5) is -0.147. The third-order valence-corrected chi connectivity index (χ3v) is 4.12. The summed E-state index contributed by atoms with van der Waals surface area (Å²) in [5, 5.41) is 0. The van der Waals surface area contributed by atoms with Crippen molar-refractivity contribution in [2.75, 3.05) is 0 Å². The molecule has 0 bridgehead atoms. The molecule has 2 aromatic rings. The van der Waals surface area contributed by atoms with Crippen molar-refractivity contribution in [3.63, 3.8) is 0 Å². The first-order valence-electron chi connectivity index (χ1n) is 5.21. The van der Waals surface area contributed by atoms with Gasteiger partial charge in [0.05, 0.1) is 10.6 Å². The molecule has 0 unspecified atom stereocenters. The quantitative estimate of drug-likeness (QED) is 0.857. The molecular formula is C13H10F2O2S. The molecule has 2 nitrogen and oxygen atoms in total. The SMILES string of the molecule is O=S(=O)(Cc1ccccc1F)c1cccc(F)c1. The zero-order valence-corrected chi connectivity index (χ0v) is 10.1. The molecule has 0 atom stereocenters. The van der Waals surface area contributed by atoms with Crippen LogP contribution in [0.1, 0.15) is 5.56 Å². The molecule has 2 aromatic carbocycles. The highest BCUT2D eigenvalue weighted by Crippen LogP contribution is 2.18. The maximum absolute atomic E-state index is 13.4. The highest BCUT2D eigenvalue weighted by Gasteiger charge is 2.17. The predicted molar refractivity (Wildman–Crippen MR) is 63.7 cm³/mol. The van der Waals surface area contributed by atoms with Crippen LogP contribution in [0.15, 0.2) is 53.4 Å². The van der Waals surface area contributed by atoms with Gasteiger partial charge in [-0.2, -0.15) is 0 Å². The van der Waals surface area contributed by atoms with Gasteiger partial charge in [-0.05, 0) is 24.3 Å². The Morgan fingerprint density at radius 2 is 1.67 bits per heavy atom. The van der Waals surface area contributed by atoms with Crippen molar-refractivity contribution < 1.29 is 17.2 Å². The summed E-state index contributed by atoms with van der Waals surface area (Å²) >= 11 is 0. The second-order valence-corrected chi connectivity index (χ2v) is 5.80. The van der Waals surface area contributed by atoms with E-state index in [4.69, 9.17) is 0 Å². The lowest BCUT2D eigenvalue weighted by Crippen LogP contribution is -2.06. The Labute approximate surface area is 104 Å². The normalized spacial score (nSPS) is 11.4. The Morgan fingerprint density at radius 3 is 2.33 bits per heavy atom. The van der Waals surface area contributed by atoms with E-state index in [9.17, 15) is 17.2 Å². The largest absolute Gasteiger partial charge is 0.223 e. The molecule has 0 radical (unpaired) electrons. The first-order valence-corrected chi connectivity index (χ1v) is 6.86. The minimum absolute atomic E-state index is 0.0711. The van der Waals surface area contributed by atoms with Gasteiger partial charge in [-0.3, -0.25) is 0 Å². The topological polar surface area (TPSA) is 34.1 Å². The first kappa shape index (κ1) is 12.7. The Hall–Kier alpha value is -1.75. The number of halogens is 2. The Kier molecular flexibility index (Phi) is 3.43. The van der Waals surface area contributed by atoms with Crippen LogP contribution in [0.5, 0.6) is 0 Å². The molecule has 94 valence electrons. The molecule has 5 heteroatoms. The number of sulfone groups is 1. The maximum Gasteiger partial charge on any atom is 0.182 e. The number of benzene rings is 2. The van der Waals surface area contributed by atoms with Crippen LogP contribution in [0.4, 0.5) is 8.78 Å². The maximum atomic E-state index is 13.4. The minimum atomic E-state index is -3.74. The van der Waals surface area contributed by atoms with E-state index >= 15 is 0 Å². The van der Waals surface area contributed by atoms with E-state index in [0.717, 1.165) is 12.1 Å². The van der Waals surface area contributed by atoms with Gasteiger partial charge in [-0.1, -0.05) is 24.3 Å². The molecule has 0 aliphatic rings. The van der Waals surface area contributed by atoms with Crippen LogP contribution in [-0.2, 0) is 15.6 Å². The molecule has 0 aromatic heterocycles. The van der Waals surface area contributed by atoms with Crippen molar-refractivity contribution in [2.45, 2.75) is 10.6 Å². The lowest BCUT2D eigenvalue weighted by molar-refractivity contribution is 0.583. The average molecular weight is 268 g/mol. The van der Waals surface area contributed by atoms with E-state index in [2.05, 4.69) is 0 Å². The van der Waals surface area contributed by atoms with Gasteiger partial charge in [0.1, 0.15) is 11.6 Å². The first-order chi connectivity index (χ1) is 8.49. The second-order valence-electron chi connectivity index (χ2n) is 3.81. The fraction of sp³-hybridized carbons (Fsp3) is 0.0769. The summed E-state index contributed by atoms with van der Waals surface area (Å²) in [6.45, 7) is 0. The van der Waals surface area contributed by atoms with Crippen molar-refractivity contribution >= 4 is 9.84 Å². The van der Waals surface area contributed by atoms with Gasteiger partial charge in [0.2, 0.25) is 0 Å². The van der Waals surface area contributed by atoms with E-state index in [1.54, 1.807) is 6.07 Å². The van der Waals surface area contributed by atoms with Crippen LogP contribution in [0.3, 0.4) is 0 Å². The van der Waals surface area contributed by atoms with Crippen molar-refractivity contribution in [3.8, 4) is 0 Å². The molecule has 0 saturated carbocycles. The van der Waals surface area contributed by atoms with Crippen LogP contribution >= 0.6 is 0 Å². The van der Waals surface area contributed by atoms with E-state index in [1.165, 1.54) is 30.3 Å². The predicted octanol–water partition coefficient (Wildman–Crippen LogP) is 2.94. The second kappa shape index (κ2) is 4.86. The van der Waals surface area contributed by atoms with E-state index < -0.39 is 27.2 Å². The van der Waals surface area contributed by atoms with Gasteiger partial charge < -0.3 is 0 Å². The molecule has 0 saturated heterocycles. The molecule has 18 heavy (non-hydrogen) atoms. The zero-order chi connectivity index (χ0) is 13.2. The third kappa shape index (κ3) is 2.73. The van der Waals surface area contributed by atoms with Crippen LogP contribution in [0.2, 0.25) is 0 Å². The van der Waals surface area contributed by atoms with Gasteiger partial charge in [0, 0.05) is 5.56 Å². The van der Waals surface area contributed by atoms with Crippen LogP contribution in [0, 0.1) is 11.6 Å². The third-order valence-electron chi connectivity index (χ3n) is 2.46. The van der Waals surface area contributed by atoms with Gasteiger partial charge in [-0.25, -0.2) is 17.2 Å². The van der Waals surface area contributed by atoms with Crippen LogP contribution in [0.25, 0.3) is 0 Å². The van der Waals surface area contributed by atoms with Crippen molar-refractivity contribution in [2.24, 2.45) is 0 Å². The summed E-state index contributed by atoms with van der Waals surface area (Å²) in [7, 11) is -3.74. The molecular weight excluding hydrogens is 258 g/mol. The van der Waals surface area contributed by atoms with Crippen LogP contribution in [-0.4, -0.2) is 8.42 Å². The molecule has 0 fully saturated rings. The number of hydrogen-bond acceptors (Lipinski definition) is 2. The lowest BCUT2D eigenvalue weighted by atomic mass is 10.2.